The Morgan fingerprint density at radius 2 is 1.45 bits per heavy atom. The van der Waals surface area contributed by atoms with Gasteiger partial charge in [0.1, 0.15) is 36.9 Å². The van der Waals surface area contributed by atoms with E-state index in [0.717, 1.165) is 48.9 Å². The van der Waals surface area contributed by atoms with Gasteiger partial charge in [0, 0.05) is 16.5 Å². The predicted octanol–water partition coefficient (Wildman–Crippen LogP) is 5.40. The van der Waals surface area contributed by atoms with Crippen LogP contribution < -0.4 is 9.47 Å². The van der Waals surface area contributed by atoms with Crippen LogP contribution in [0.15, 0.2) is 12.1 Å². The van der Waals surface area contributed by atoms with Gasteiger partial charge in [-0.05, 0) is 74.2 Å². The summed E-state index contributed by atoms with van der Waals surface area (Å²) >= 11 is 0. The smallest absolute Gasteiger partial charge is 0.130 e. The van der Waals surface area contributed by atoms with E-state index in [1.165, 1.54) is 49.7 Å². The highest BCUT2D eigenvalue weighted by atomic mass is 16.6. The number of epoxide rings is 2. The van der Waals surface area contributed by atoms with Gasteiger partial charge in [-0.2, -0.15) is 0 Å². The lowest BCUT2D eigenvalue weighted by Gasteiger charge is -2.57. The number of rotatable bonds is 9. The third-order valence-corrected chi connectivity index (χ3v) is 8.94. The molecule has 1 aromatic rings. The molecule has 0 N–H and O–H groups in total. The Kier molecular flexibility index (Phi) is 4.85. The molecular weight excluding hydrogens is 388 g/mol. The van der Waals surface area contributed by atoms with E-state index in [-0.39, 0.29) is 23.0 Å². The Morgan fingerprint density at radius 3 is 1.97 bits per heavy atom. The van der Waals surface area contributed by atoms with Crippen LogP contribution in [-0.4, -0.2) is 38.6 Å². The number of hydrogen-bond acceptors (Lipinski definition) is 4. The van der Waals surface area contributed by atoms with Crippen LogP contribution in [0.25, 0.3) is 0 Å². The van der Waals surface area contributed by atoms with E-state index in [9.17, 15) is 0 Å². The molecule has 31 heavy (non-hydrogen) atoms. The van der Waals surface area contributed by atoms with Crippen molar-refractivity contribution in [2.24, 2.45) is 17.8 Å². The fraction of sp³-hybridized carbons (Fsp3) is 0.778. The zero-order valence-corrected chi connectivity index (χ0v) is 19.5. The second-order valence-corrected chi connectivity index (χ2v) is 11.8. The second kappa shape index (κ2) is 7.38. The predicted molar refractivity (Wildman–Crippen MR) is 120 cm³/mol. The van der Waals surface area contributed by atoms with Gasteiger partial charge in [0.2, 0.25) is 0 Å². The van der Waals surface area contributed by atoms with Crippen LogP contribution in [0, 0.1) is 17.8 Å². The van der Waals surface area contributed by atoms with E-state index < -0.39 is 0 Å². The Balaban J connectivity index is 1.47. The van der Waals surface area contributed by atoms with Gasteiger partial charge in [0.25, 0.3) is 0 Å². The minimum absolute atomic E-state index is 0.0644. The molecule has 2 heterocycles. The summed E-state index contributed by atoms with van der Waals surface area (Å²) in [7, 11) is 0. The van der Waals surface area contributed by atoms with Crippen LogP contribution in [0.5, 0.6) is 11.5 Å². The van der Waals surface area contributed by atoms with Crippen LogP contribution in [0.3, 0.4) is 0 Å². The van der Waals surface area contributed by atoms with E-state index in [2.05, 4.69) is 32.9 Å². The fourth-order valence-corrected chi connectivity index (χ4v) is 7.16. The van der Waals surface area contributed by atoms with Crippen LogP contribution in [-0.2, 0) is 20.3 Å². The van der Waals surface area contributed by atoms with Crippen molar-refractivity contribution in [2.75, 3.05) is 26.4 Å². The molecule has 6 fully saturated rings. The molecule has 1 aromatic carbocycles. The fourth-order valence-electron chi connectivity index (χ4n) is 7.16. The summed E-state index contributed by atoms with van der Waals surface area (Å²) in [5.41, 5.74) is 3.02. The van der Waals surface area contributed by atoms with Gasteiger partial charge in [-0.25, -0.2) is 0 Å². The monoisotopic (exact) mass is 426 g/mol. The van der Waals surface area contributed by atoms with Crippen molar-refractivity contribution in [1.29, 1.82) is 0 Å². The van der Waals surface area contributed by atoms with E-state index in [1.807, 2.05) is 0 Å². The van der Waals surface area contributed by atoms with Crippen LogP contribution >= 0.6 is 0 Å². The molecule has 0 amide bonds. The molecule has 4 bridgehead atoms. The lowest BCUT2D eigenvalue weighted by Crippen LogP contribution is -2.49. The van der Waals surface area contributed by atoms with Crippen LogP contribution in [0.1, 0.15) is 76.8 Å². The summed E-state index contributed by atoms with van der Waals surface area (Å²) in [5.74, 6) is 4.83. The summed E-state index contributed by atoms with van der Waals surface area (Å²) in [6.45, 7) is 9.95. The lowest BCUT2D eigenvalue weighted by atomic mass is 9.47. The standard InChI is InChI=1S/C27H38O4/c1-4-26(2,3)22-5-6-23(30-15-20-13-28-20)24(25(22)31-16-21-14-29-21)27-10-17-7-18(11-27)9-19(8-17)12-27/h5-6,17-21H,4,7-16H2,1-3H3. The quantitative estimate of drug-likeness (QED) is 0.496. The molecule has 7 rings (SSSR count). The van der Waals surface area contributed by atoms with Crippen molar-refractivity contribution >= 4 is 0 Å². The van der Waals surface area contributed by atoms with Gasteiger partial charge >= 0.3 is 0 Å². The first-order chi connectivity index (χ1) is 15.0. The van der Waals surface area contributed by atoms with Crippen molar-refractivity contribution in [1.82, 2.24) is 0 Å². The molecule has 0 radical (unpaired) electrons. The molecule has 4 saturated carbocycles. The largest absolute Gasteiger partial charge is 0.490 e. The van der Waals surface area contributed by atoms with E-state index >= 15 is 0 Å². The van der Waals surface area contributed by atoms with Gasteiger partial charge in [0.15, 0.2) is 0 Å². The van der Waals surface area contributed by atoms with E-state index in [1.54, 1.807) is 0 Å². The normalized spacial score (nSPS) is 37.7. The van der Waals surface area contributed by atoms with Gasteiger partial charge < -0.3 is 18.9 Å². The Bertz CT molecular complexity index is 801. The zero-order chi connectivity index (χ0) is 21.2. The third-order valence-electron chi connectivity index (χ3n) is 8.94. The maximum atomic E-state index is 6.70. The molecule has 2 unspecified atom stereocenters. The first kappa shape index (κ1) is 20.4. The molecule has 2 atom stereocenters. The highest BCUT2D eigenvalue weighted by Gasteiger charge is 2.54. The summed E-state index contributed by atoms with van der Waals surface area (Å²) in [6.07, 6.45) is 9.85. The van der Waals surface area contributed by atoms with Crippen molar-refractivity contribution < 1.29 is 18.9 Å². The summed E-state index contributed by atoms with van der Waals surface area (Å²) in [6, 6.07) is 4.53. The van der Waals surface area contributed by atoms with Crippen molar-refractivity contribution in [3.63, 3.8) is 0 Å². The maximum Gasteiger partial charge on any atom is 0.130 e. The molecule has 4 heteroatoms. The third kappa shape index (κ3) is 3.78. The average Bonchev–Trinajstić information content (AvgIpc) is 3.64. The Hall–Kier alpha value is -1.26. The highest BCUT2D eigenvalue weighted by molar-refractivity contribution is 5.57. The van der Waals surface area contributed by atoms with Crippen molar-refractivity contribution in [2.45, 2.75) is 88.8 Å². The second-order valence-electron chi connectivity index (χ2n) is 11.8. The first-order valence-corrected chi connectivity index (χ1v) is 12.6. The molecule has 4 aliphatic carbocycles. The molecule has 6 aliphatic rings. The van der Waals surface area contributed by atoms with Crippen molar-refractivity contribution in [3.05, 3.63) is 23.3 Å². The minimum Gasteiger partial charge on any atom is -0.490 e. The summed E-state index contributed by atoms with van der Waals surface area (Å²) in [4.78, 5) is 0. The van der Waals surface area contributed by atoms with E-state index in [4.69, 9.17) is 18.9 Å². The molecule has 2 aliphatic heterocycles. The maximum absolute atomic E-state index is 6.70. The topological polar surface area (TPSA) is 43.5 Å². The number of ether oxygens (including phenoxy) is 4. The van der Waals surface area contributed by atoms with E-state index in [0.29, 0.717) is 13.2 Å². The first-order valence-electron chi connectivity index (χ1n) is 12.6. The molecule has 2 saturated heterocycles. The zero-order valence-electron chi connectivity index (χ0n) is 19.5. The lowest BCUT2D eigenvalue weighted by molar-refractivity contribution is -0.00788. The van der Waals surface area contributed by atoms with Crippen molar-refractivity contribution in [3.8, 4) is 11.5 Å². The summed E-state index contributed by atoms with van der Waals surface area (Å²) < 4.78 is 24.2. The average molecular weight is 427 g/mol. The Labute approximate surface area is 187 Å². The molecular formula is C27H38O4. The highest BCUT2D eigenvalue weighted by Crippen LogP contribution is 2.64. The van der Waals surface area contributed by atoms with Gasteiger partial charge in [0.05, 0.1) is 13.2 Å². The van der Waals surface area contributed by atoms with Gasteiger partial charge in [-0.1, -0.05) is 26.8 Å². The minimum atomic E-state index is 0.0644. The van der Waals surface area contributed by atoms with Crippen LogP contribution in [0.2, 0.25) is 0 Å². The summed E-state index contributed by atoms with van der Waals surface area (Å²) in [5, 5.41) is 0. The molecule has 0 aromatic heterocycles. The molecule has 170 valence electrons. The SMILES string of the molecule is CCC(C)(C)c1ccc(OCC2CO2)c(C23CC4CC(CC(C4)C2)C3)c1OCC1CO1. The molecule has 4 nitrogen and oxygen atoms in total. The molecule has 0 spiro atoms. The Morgan fingerprint density at radius 1 is 0.903 bits per heavy atom. The number of benzene rings is 1. The van der Waals surface area contributed by atoms with Gasteiger partial charge in [-0.3, -0.25) is 0 Å². The van der Waals surface area contributed by atoms with Crippen LogP contribution in [0.4, 0.5) is 0 Å². The number of hydrogen-bond donors (Lipinski definition) is 0. The van der Waals surface area contributed by atoms with Gasteiger partial charge in [-0.15, -0.1) is 0 Å².